The van der Waals surface area contributed by atoms with Gasteiger partial charge in [0.25, 0.3) is 0 Å². The maximum atomic E-state index is 5.21. The lowest BCUT2D eigenvalue weighted by Gasteiger charge is -2.14. The molecule has 0 bridgehead atoms. The van der Waals surface area contributed by atoms with Gasteiger partial charge in [0.05, 0.1) is 11.4 Å². The molecular weight excluding hydrogens is 655 g/mol. The topological polar surface area (TPSA) is 38.7 Å². The van der Waals surface area contributed by atoms with Gasteiger partial charge in [0, 0.05) is 29.1 Å². The van der Waals surface area contributed by atoms with E-state index in [-0.39, 0.29) is 0 Å². The molecule has 0 saturated carbocycles. The average molecular weight is 692 g/mol. The van der Waals surface area contributed by atoms with E-state index in [1.165, 1.54) is 37.9 Å². The van der Waals surface area contributed by atoms with Gasteiger partial charge in [0.2, 0.25) is 0 Å². The molecule has 9 rings (SSSR count). The Labute approximate surface area is 315 Å². The van der Waals surface area contributed by atoms with Crippen molar-refractivity contribution in [3.63, 3.8) is 0 Å². The van der Waals surface area contributed by atoms with Gasteiger partial charge >= 0.3 is 0 Å². The second kappa shape index (κ2) is 14.9. The van der Waals surface area contributed by atoms with Crippen molar-refractivity contribution in [2.75, 3.05) is 0 Å². The van der Waals surface area contributed by atoms with Crippen LogP contribution in [0.15, 0.2) is 200 Å². The minimum atomic E-state index is 0.694. The van der Waals surface area contributed by atoms with E-state index in [1.807, 2.05) is 18.3 Å². The minimum absolute atomic E-state index is 0.694. The summed E-state index contributed by atoms with van der Waals surface area (Å²) in [6.45, 7) is 0. The lowest BCUT2D eigenvalue weighted by Crippen LogP contribution is -2.30. The summed E-state index contributed by atoms with van der Waals surface area (Å²) in [5.74, 6) is 0.694. The number of fused-ring (bicyclic) bond motifs is 2. The molecule has 0 spiro atoms. The van der Waals surface area contributed by atoms with Gasteiger partial charge < -0.3 is 0 Å². The fourth-order valence-corrected chi connectivity index (χ4v) is 7.47. The average Bonchev–Trinajstić information content (AvgIpc) is 3.25. The van der Waals surface area contributed by atoms with E-state index < -0.39 is 0 Å². The quantitative estimate of drug-likeness (QED) is 0.174. The lowest BCUT2D eigenvalue weighted by molar-refractivity contribution is 1.18. The lowest BCUT2D eigenvalue weighted by atomic mass is 9.90. The molecule has 0 N–H and O–H groups in total. The maximum absolute atomic E-state index is 5.21. The van der Waals surface area contributed by atoms with Crippen LogP contribution in [0.2, 0.25) is 0 Å². The molecule has 2 aromatic heterocycles. The van der Waals surface area contributed by atoms with Crippen LogP contribution >= 0.6 is 0 Å². The van der Waals surface area contributed by atoms with E-state index in [9.17, 15) is 0 Å². The van der Waals surface area contributed by atoms with E-state index in [1.54, 1.807) is 6.20 Å². The van der Waals surface area contributed by atoms with Crippen molar-refractivity contribution in [2.45, 2.75) is 12.8 Å². The second-order valence-electron chi connectivity index (χ2n) is 13.5. The van der Waals surface area contributed by atoms with Crippen LogP contribution in [0.5, 0.6) is 0 Å². The third-order valence-electron chi connectivity index (χ3n) is 10.2. The van der Waals surface area contributed by atoms with E-state index in [2.05, 4.69) is 181 Å². The molecule has 0 atom stereocenters. The summed E-state index contributed by atoms with van der Waals surface area (Å²) in [5, 5.41) is 5.02. The highest BCUT2D eigenvalue weighted by molar-refractivity contribution is 5.94. The van der Waals surface area contributed by atoms with Crippen molar-refractivity contribution in [1.82, 2.24) is 15.0 Å². The first-order chi connectivity index (χ1) is 26.8. The monoisotopic (exact) mass is 691 g/mol. The Kier molecular flexibility index (Phi) is 9.11. The number of rotatable bonds is 6. The van der Waals surface area contributed by atoms with E-state index in [0.29, 0.717) is 5.82 Å². The highest BCUT2D eigenvalue weighted by Crippen LogP contribution is 2.31. The Hall–Kier alpha value is -6.97. The zero-order valence-electron chi connectivity index (χ0n) is 29.8. The number of pyridine rings is 1. The molecule has 1 aliphatic rings. The third kappa shape index (κ3) is 6.71. The first kappa shape index (κ1) is 32.9. The van der Waals surface area contributed by atoms with E-state index in [4.69, 9.17) is 9.97 Å². The maximum Gasteiger partial charge on any atom is 0.160 e. The Balaban J connectivity index is 1.21. The first-order valence-corrected chi connectivity index (χ1v) is 18.5. The van der Waals surface area contributed by atoms with Crippen LogP contribution in [-0.4, -0.2) is 15.0 Å². The minimum Gasteiger partial charge on any atom is -0.264 e. The highest BCUT2D eigenvalue weighted by atomic mass is 14.9. The predicted octanol–water partition coefficient (Wildman–Crippen LogP) is 11.0. The zero-order valence-corrected chi connectivity index (χ0v) is 29.8. The molecule has 8 aromatic rings. The Morgan fingerprint density at radius 1 is 0.407 bits per heavy atom. The summed E-state index contributed by atoms with van der Waals surface area (Å²) in [7, 11) is 0. The molecule has 3 nitrogen and oxygen atoms in total. The fourth-order valence-electron chi connectivity index (χ4n) is 7.47. The molecule has 0 saturated heterocycles. The smallest absolute Gasteiger partial charge is 0.160 e. The summed E-state index contributed by atoms with van der Waals surface area (Å²) < 4.78 is 0. The van der Waals surface area contributed by atoms with Gasteiger partial charge in [-0.2, -0.15) is 0 Å². The van der Waals surface area contributed by atoms with Crippen molar-refractivity contribution < 1.29 is 0 Å². The number of hydrogen-bond acceptors (Lipinski definition) is 3. The van der Waals surface area contributed by atoms with Crippen molar-refractivity contribution in [3.8, 4) is 45.0 Å². The SMILES string of the molecule is C1=C\C/C(c2cccc(-c3nc(-c4ccccc4)cc(-c4ccc(-c5cccnc5)cc4)n3)c2)=c2/cccc/c2=C(\c2cccc3ccccc23)C\C=C/1. The molecule has 0 unspecified atom stereocenters. The summed E-state index contributed by atoms with van der Waals surface area (Å²) >= 11 is 0. The van der Waals surface area contributed by atoms with Crippen LogP contribution in [0, 0.1) is 0 Å². The molecule has 0 fully saturated rings. The van der Waals surface area contributed by atoms with Crippen molar-refractivity contribution in [1.29, 1.82) is 0 Å². The van der Waals surface area contributed by atoms with Gasteiger partial charge in [0.1, 0.15) is 0 Å². The Morgan fingerprint density at radius 3 is 1.78 bits per heavy atom. The summed E-state index contributed by atoms with van der Waals surface area (Å²) in [5.41, 5.74) is 12.0. The van der Waals surface area contributed by atoms with Crippen LogP contribution < -0.4 is 10.4 Å². The first-order valence-electron chi connectivity index (χ1n) is 18.5. The van der Waals surface area contributed by atoms with Gasteiger partial charge in [-0.25, -0.2) is 9.97 Å². The molecule has 0 aliphatic heterocycles. The van der Waals surface area contributed by atoms with Gasteiger partial charge in [-0.1, -0.05) is 170 Å². The molecule has 2 heterocycles. The second-order valence-corrected chi connectivity index (χ2v) is 13.5. The molecule has 1 aliphatic carbocycles. The third-order valence-corrected chi connectivity index (χ3v) is 10.2. The summed E-state index contributed by atoms with van der Waals surface area (Å²) in [6.07, 6.45) is 14.2. The van der Waals surface area contributed by atoms with Crippen molar-refractivity contribution in [3.05, 3.63) is 222 Å². The summed E-state index contributed by atoms with van der Waals surface area (Å²) in [4.78, 5) is 14.7. The van der Waals surface area contributed by atoms with Gasteiger partial charge in [-0.15, -0.1) is 0 Å². The number of benzene rings is 6. The molecule has 0 radical (unpaired) electrons. The number of hydrogen-bond donors (Lipinski definition) is 0. The van der Waals surface area contributed by atoms with Crippen LogP contribution in [0.3, 0.4) is 0 Å². The van der Waals surface area contributed by atoms with Gasteiger partial charge in [-0.3, -0.25) is 4.98 Å². The Morgan fingerprint density at radius 2 is 1.00 bits per heavy atom. The van der Waals surface area contributed by atoms with Crippen LogP contribution in [0.25, 0.3) is 66.9 Å². The standard InChI is InChI=1S/C51H37N3/c1-2-7-24-47(46-27-13-18-37-15-8-9-23-43(37)46)48-26-11-10-25-45(48)44(22-6-1)40-19-12-20-41(33-40)51-53-49(38-16-4-3-5-17-38)34-50(54-51)39-30-28-36(29-31-39)42-21-14-32-52-35-42/h1-21,23,25-35H,22,24H2/b6-1-,7-2-,45-44+,48-47+. The van der Waals surface area contributed by atoms with Gasteiger partial charge in [0.15, 0.2) is 5.82 Å². The van der Waals surface area contributed by atoms with Crippen LogP contribution in [-0.2, 0) is 0 Å². The van der Waals surface area contributed by atoms with Gasteiger partial charge in [-0.05, 0) is 85.7 Å². The summed E-state index contributed by atoms with van der Waals surface area (Å²) in [6, 6.07) is 58.0. The molecule has 3 heteroatoms. The van der Waals surface area contributed by atoms with Crippen molar-refractivity contribution in [2.24, 2.45) is 0 Å². The predicted molar refractivity (Wildman–Crippen MR) is 224 cm³/mol. The van der Waals surface area contributed by atoms with E-state index >= 15 is 0 Å². The number of nitrogens with zero attached hydrogens (tertiary/aromatic N) is 3. The molecular formula is C51H37N3. The van der Waals surface area contributed by atoms with Crippen LogP contribution in [0.1, 0.15) is 24.0 Å². The molecule has 6 aromatic carbocycles. The molecule has 0 amide bonds. The molecule has 54 heavy (non-hydrogen) atoms. The number of aromatic nitrogens is 3. The fraction of sp³-hybridized carbons (Fsp3) is 0.0392. The van der Waals surface area contributed by atoms with Crippen LogP contribution in [0.4, 0.5) is 0 Å². The highest BCUT2D eigenvalue weighted by Gasteiger charge is 2.14. The zero-order chi connectivity index (χ0) is 36.1. The Bertz CT molecular complexity index is 2790. The van der Waals surface area contributed by atoms with Crippen molar-refractivity contribution >= 4 is 21.9 Å². The normalized spacial score (nSPS) is 16.0. The van der Waals surface area contributed by atoms with E-state index in [0.717, 1.165) is 57.6 Å². The number of allylic oxidation sites excluding steroid dienone is 4. The molecule has 256 valence electrons. The largest absolute Gasteiger partial charge is 0.264 e.